The van der Waals surface area contributed by atoms with Gasteiger partial charge in [0.15, 0.2) is 0 Å². The Hall–Kier alpha value is -3.02. The maximum Gasteiger partial charge on any atom is 0.410 e. The van der Waals surface area contributed by atoms with Gasteiger partial charge in [0.05, 0.1) is 0 Å². The highest BCUT2D eigenvalue weighted by Crippen LogP contribution is 2.31. The molecule has 2 aromatic carbocycles. The summed E-state index contributed by atoms with van der Waals surface area (Å²) in [6.45, 7) is 2.37. The second kappa shape index (κ2) is 7.47. The first-order valence-electron chi connectivity index (χ1n) is 8.58. The highest BCUT2D eigenvalue weighted by molar-refractivity contribution is 6.00. The number of phenols is 1. The van der Waals surface area contributed by atoms with Crippen molar-refractivity contribution in [1.82, 2.24) is 4.90 Å². The number of carbonyl (C=O) groups is 2. The predicted molar refractivity (Wildman–Crippen MR) is 97.7 cm³/mol. The lowest BCUT2D eigenvalue weighted by Gasteiger charge is -2.33. The van der Waals surface area contributed by atoms with E-state index >= 15 is 0 Å². The molecule has 1 unspecified atom stereocenters. The zero-order valence-corrected chi connectivity index (χ0v) is 14.6. The number of amides is 2. The van der Waals surface area contributed by atoms with Crippen molar-refractivity contribution < 1.29 is 19.4 Å². The molecule has 2 amide bonds. The predicted octanol–water partition coefficient (Wildman–Crippen LogP) is 3.52. The summed E-state index contributed by atoms with van der Waals surface area (Å²) in [5.74, 6) is -0.226. The minimum absolute atomic E-state index is 0.0681. The summed E-state index contributed by atoms with van der Waals surface area (Å²) in [4.78, 5) is 26.8. The third kappa shape index (κ3) is 3.79. The average molecular weight is 354 g/mol. The number of nitrogens with zero attached hydrogens (tertiary/aromatic N) is 1. The molecule has 1 saturated heterocycles. The van der Waals surface area contributed by atoms with E-state index in [1.54, 1.807) is 19.1 Å². The Morgan fingerprint density at radius 3 is 2.69 bits per heavy atom. The van der Waals surface area contributed by atoms with E-state index in [0.717, 1.165) is 12.0 Å². The summed E-state index contributed by atoms with van der Waals surface area (Å²) in [6, 6.07) is 15.7. The van der Waals surface area contributed by atoms with Gasteiger partial charge in [-0.2, -0.15) is 0 Å². The van der Waals surface area contributed by atoms with Gasteiger partial charge in [0, 0.05) is 18.3 Å². The van der Waals surface area contributed by atoms with Crippen molar-refractivity contribution >= 4 is 17.7 Å². The van der Waals surface area contributed by atoms with Gasteiger partial charge in [-0.3, -0.25) is 9.69 Å². The molecule has 1 aliphatic rings. The van der Waals surface area contributed by atoms with Crippen LogP contribution in [0.3, 0.4) is 0 Å². The Balaban J connectivity index is 1.67. The fourth-order valence-corrected chi connectivity index (χ4v) is 3.14. The summed E-state index contributed by atoms with van der Waals surface area (Å²) >= 11 is 0. The molecule has 1 atom stereocenters. The molecule has 0 radical (unpaired) electrons. The summed E-state index contributed by atoms with van der Waals surface area (Å²) in [5, 5.41) is 12.3. The highest BCUT2D eigenvalue weighted by atomic mass is 16.6. The van der Waals surface area contributed by atoms with Crippen LogP contribution in [0.4, 0.5) is 10.5 Å². The van der Waals surface area contributed by atoms with Crippen LogP contribution in [-0.4, -0.2) is 34.1 Å². The van der Waals surface area contributed by atoms with Gasteiger partial charge in [-0.1, -0.05) is 36.4 Å². The molecule has 3 rings (SSSR count). The standard InChI is InChI=1S/C20H22N2O4/c1-20(18(24)21-16-9-5-10-17(23)13-16)11-6-12-22(20)19(25)26-14-15-7-3-2-4-8-15/h2-5,7-10,13,23H,6,11-12,14H2,1H3,(H,21,24). The number of phenolic OH excluding ortho intramolecular Hbond substituents is 1. The van der Waals surface area contributed by atoms with E-state index in [1.807, 2.05) is 30.3 Å². The van der Waals surface area contributed by atoms with E-state index in [0.29, 0.717) is 18.7 Å². The van der Waals surface area contributed by atoms with Crippen LogP contribution in [0.15, 0.2) is 54.6 Å². The number of nitrogens with one attached hydrogen (secondary N) is 1. The third-order valence-corrected chi connectivity index (χ3v) is 4.66. The highest BCUT2D eigenvalue weighted by Gasteiger charge is 2.46. The van der Waals surface area contributed by atoms with Crippen molar-refractivity contribution in [3.8, 4) is 5.75 Å². The van der Waals surface area contributed by atoms with Crippen molar-refractivity contribution in [2.75, 3.05) is 11.9 Å². The smallest absolute Gasteiger partial charge is 0.410 e. The number of benzene rings is 2. The number of anilines is 1. The van der Waals surface area contributed by atoms with Crippen LogP contribution in [-0.2, 0) is 16.1 Å². The second-order valence-electron chi connectivity index (χ2n) is 6.57. The molecule has 0 saturated carbocycles. The van der Waals surface area contributed by atoms with Gasteiger partial charge in [-0.05, 0) is 37.5 Å². The third-order valence-electron chi connectivity index (χ3n) is 4.66. The van der Waals surface area contributed by atoms with Crippen molar-refractivity contribution in [2.45, 2.75) is 31.9 Å². The van der Waals surface area contributed by atoms with E-state index in [2.05, 4.69) is 5.32 Å². The molecule has 6 nitrogen and oxygen atoms in total. The first kappa shape index (κ1) is 17.8. The lowest BCUT2D eigenvalue weighted by molar-refractivity contribution is -0.125. The molecule has 26 heavy (non-hydrogen) atoms. The van der Waals surface area contributed by atoms with Crippen molar-refractivity contribution in [1.29, 1.82) is 0 Å². The van der Waals surface area contributed by atoms with Crippen molar-refractivity contribution in [3.05, 3.63) is 60.2 Å². The maximum absolute atomic E-state index is 12.8. The van der Waals surface area contributed by atoms with E-state index < -0.39 is 11.6 Å². The lowest BCUT2D eigenvalue weighted by atomic mass is 9.98. The average Bonchev–Trinajstić information content (AvgIpc) is 3.04. The van der Waals surface area contributed by atoms with Crippen LogP contribution in [0.1, 0.15) is 25.3 Å². The van der Waals surface area contributed by atoms with E-state index in [1.165, 1.54) is 17.0 Å². The molecule has 136 valence electrons. The quantitative estimate of drug-likeness (QED) is 0.880. The molecule has 1 fully saturated rings. The number of rotatable bonds is 4. The molecule has 0 aliphatic carbocycles. The van der Waals surface area contributed by atoms with Gasteiger partial charge in [0.2, 0.25) is 5.91 Å². The van der Waals surface area contributed by atoms with Crippen molar-refractivity contribution in [2.24, 2.45) is 0 Å². The van der Waals surface area contributed by atoms with Crippen LogP contribution in [0.25, 0.3) is 0 Å². The Labute approximate surface area is 152 Å². The number of aromatic hydroxyl groups is 1. The summed E-state index contributed by atoms with van der Waals surface area (Å²) in [5.41, 5.74) is 0.394. The Bertz CT molecular complexity index is 793. The summed E-state index contributed by atoms with van der Waals surface area (Å²) < 4.78 is 5.39. The molecular formula is C20H22N2O4. The molecule has 1 heterocycles. The van der Waals surface area contributed by atoms with Gasteiger partial charge in [-0.15, -0.1) is 0 Å². The summed E-state index contributed by atoms with van der Waals surface area (Å²) in [7, 11) is 0. The largest absolute Gasteiger partial charge is 0.508 e. The van der Waals surface area contributed by atoms with Gasteiger partial charge in [0.25, 0.3) is 0 Å². The van der Waals surface area contributed by atoms with Gasteiger partial charge in [0.1, 0.15) is 17.9 Å². The molecule has 2 aromatic rings. The number of likely N-dealkylation sites (tertiary alicyclic amines) is 1. The Kier molecular flexibility index (Phi) is 5.11. The lowest BCUT2D eigenvalue weighted by Crippen LogP contribution is -2.53. The molecule has 1 aliphatic heterocycles. The maximum atomic E-state index is 12.8. The summed E-state index contributed by atoms with van der Waals surface area (Å²) in [6.07, 6.45) is 0.780. The number of hydrogen-bond acceptors (Lipinski definition) is 4. The normalized spacial score (nSPS) is 19.2. The minimum Gasteiger partial charge on any atom is -0.508 e. The fraction of sp³-hybridized carbons (Fsp3) is 0.300. The van der Waals surface area contributed by atoms with E-state index in [-0.39, 0.29) is 18.3 Å². The second-order valence-corrected chi connectivity index (χ2v) is 6.57. The molecular weight excluding hydrogens is 332 g/mol. The van der Waals surface area contributed by atoms with Crippen molar-refractivity contribution in [3.63, 3.8) is 0 Å². The Morgan fingerprint density at radius 1 is 1.19 bits per heavy atom. The van der Waals surface area contributed by atoms with Gasteiger partial charge < -0.3 is 15.2 Å². The van der Waals surface area contributed by atoms with Crippen LogP contribution in [0, 0.1) is 0 Å². The van der Waals surface area contributed by atoms with Gasteiger partial charge >= 0.3 is 6.09 Å². The number of carbonyl (C=O) groups excluding carboxylic acids is 2. The zero-order chi connectivity index (χ0) is 18.6. The monoisotopic (exact) mass is 354 g/mol. The minimum atomic E-state index is -0.987. The number of hydrogen-bond donors (Lipinski definition) is 2. The zero-order valence-electron chi connectivity index (χ0n) is 14.6. The van der Waals surface area contributed by atoms with Crippen LogP contribution < -0.4 is 5.32 Å². The molecule has 6 heteroatoms. The molecule has 2 N–H and O–H groups in total. The first-order valence-corrected chi connectivity index (χ1v) is 8.58. The molecule has 0 spiro atoms. The topological polar surface area (TPSA) is 78.9 Å². The Morgan fingerprint density at radius 2 is 1.96 bits per heavy atom. The molecule has 0 aromatic heterocycles. The van der Waals surface area contributed by atoms with E-state index in [4.69, 9.17) is 4.74 Å². The van der Waals surface area contributed by atoms with E-state index in [9.17, 15) is 14.7 Å². The molecule has 0 bridgehead atoms. The SMILES string of the molecule is CC1(C(=O)Nc2cccc(O)c2)CCCN1C(=O)OCc1ccccc1. The van der Waals surface area contributed by atoms with Crippen LogP contribution in [0.5, 0.6) is 5.75 Å². The van der Waals surface area contributed by atoms with Gasteiger partial charge in [-0.25, -0.2) is 4.79 Å². The van der Waals surface area contributed by atoms with Crippen LogP contribution in [0.2, 0.25) is 0 Å². The fourth-order valence-electron chi connectivity index (χ4n) is 3.14. The first-order chi connectivity index (χ1) is 12.5. The number of ether oxygens (including phenoxy) is 1. The van der Waals surface area contributed by atoms with Crippen LogP contribution >= 0.6 is 0 Å².